The molecule has 0 aromatic heterocycles. The molecule has 0 aromatic carbocycles. The third-order valence-electron chi connectivity index (χ3n) is 4.81. The van der Waals surface area contributed by atoms with Crippen LogP contribution in [-0.2, 0) is 9.53 Å². The Morgan fingerprint density at radius 1 is 1.33 bits per heavy atom. The van der Waals surface area contributed by atoms with Gasteiger partial charge in [-0.05, 0) is 50.4 Å². The minimum atomic E-state index is -0.318. The summed E-state index contributed by atoms with van der Waals surface area (Å²) >= 11 is 0. The van der Waals surface area contributed by atoms with Crippen LogP contribution in [-0.4, -0.2) is 23.8 Å². The van der Waals surface area contributed by atoms with E-state index in [4.69, 9.17) is 4.74 Å². The first-order valence-corrected chi connectivity index (χ1v) is 8.15. The summed E-state index contributed by atoms with van der Waals surface area (Å²) in [5.41, 5.74) is 1.12. The molecule has 1 saturated carbocycles. The summed E-state index contributed by atoms with van der Waals surface area (Å²) in [4.78, 5) is 11.6. The van der Waals surface area contributed by atoms with Crippen LogP contribution in [0.2, 0.25) is 0 Å². The van der Waals surface area contributed by atoms with Crippen molar-refractivity contribution < 1.29 is 14.6 Å². The number of rotatable bonds is 5. The monoisotopic (exact) mass is 296 g/mol. The highest BCUT2D eigenvalue weighted by atomic mass is 16.5. The highest BCUT2D eigenvalue weighted by molar-refractivity contribution is 5.69. The lowest BCUT2D eigenvalue weighted by Crippen LogP contribution is -2.43. The average Bonchev–Trinajstić information content (AvgIpc) is 2.36. The van der Waals surface area contributed by atoms with Crippen LogP contribution in [0.15, 0.2) is 12.2 Å². The van der Waals surface area contributed by atoms with Crippen molar-refractivity contribution in [1.29, 1.82) is 0 Å². The molecule has 4 unspecified atom stereocenters. The molecule has 21 heavy (non-hydrogen) atoms. The van der Waals surface area contributed by atoms with Crippen molar-refractivity contribution >= 4 is 5.97 Å². The SMILES string of the molecule is C=C(C)C1CC(CCC(=O)OCC)CC(C(C)(C)C)C1O. The quantitative estimate of drug-likeness (QED) is 0.617. The Labute approximate surface area is 129 Å². The van der Waals surface area contributed by atoms with Crippen molar-refractivity contribution in [2.45, 2.75) is 66.4 Å². The van der Waals surface area contributed by atoms with Crippen LogP contribution >= 0.6 is 0 Å². The van der Waals surface area contributed by atoms with Crippen LogP contribution in [0.3, 0.4) is 0 Å². The van der Waals surface area contributed by atoms with Gasteiger partial charge in [-0.2, -0.15) is 0 Å². The van der Waals surface area contributed by atoms with Gasteiger partial charge in [0.25, 0.3) is 0 Å². The molecule has 4 atom stereocenters. The molecule has 0 saturated heterocycles. The molecule has 0 heterocycles. The molecular weight excluding hydrogens is 264 g/mol. The maximum atomic E-state index is 11.6. The first-order valence-electron chi connectivity index (χ1n) is 8.15. The van der Waals surface area contributed by atoms with Crippen LogP contribution in [0.1, 0.15) is 60.3 Å². The average molecular weight is 296 g/mol. The standard InChI is InChI=1S/C18H32O3/c1-7-21-16(19)9-8-13-10-14(12(2)3)17(20)15(11-13)18(4,5)6/h13-15,17,20H,2,7-11H2,1,3-6H3. The summed E-state index contributed by atoms with van der Waals surface area (Å²) < 4.78 is 5.02. The van der Waals surface area contributed by atoms with E-state index < -0.39 is 0 Å². The van der Waals surface area contributed by atoms with Gasteiger partial charge in [-0.1, -0.05) is 32.9 Å². The first-order chi connectivity index (χ1) is 9.66. The van der Waals surface area contributed by atoms with E-state index in [1.165, 1.54) is 0 Å². The predicted octanol–water partition coefficient (Wildman–Crippen LogP) is 3.96. The third kappa shape index (κ3) is 5.14. The van der Waals surface area contributed by atoms with Gasteiger partial charge in [0.2, 0.25) is 0 Å². The molecule has 1 aliphatic rings. The van der Waals surface area contributed by atoms with Gasteiger partial charge in [0, 0.05) is 12.3 Å². The number of carbonyl (C=O) groups is 1. The fourth-order valence-corrected chi connectivity index (χ4v) is 3.52. The zero-order chi connectivity index (χ0) is 16.2. The topological polar surface area (TPSA) is 46.5 Å². The highest BCUT2D eigenvalue weighted by Gasteiger charge is 2.42. The number of aliphatic hydroxyl groups is 1. The Morgan fingerprint density at radius 3 is 2.43 bits per heavy atom. The summed E-state index contributed by atoms with van der Waals surface area (Å²) in [6, 6.07) is 0. The van der Waals surface area contributed by atoms with E-state index in [0.29, 0.717) is 18.9 Å². The molecule has 3 heteroatoms. The second-order valence-electron chi connectivity index (χ2n) is 7.60. The smallest absolute Gasteiger partial charge is 0.305 e. The normalized spacial score (nSPS) is 30.0. The van der Waals surface area contributed by atoms with Crippen LogP contribution in [0.25, 0.3) is 0 Å². The molecule has 0 aromatic rings. The number of aliphatic hydroxyl groups excluding tert-OH is 1. The molecular formula is C18H32O3. The lowest BCUT2D eigenvalue weighted by Gasteiger charge is -2.45. The zero-order valence-electron chi connectivity index (χ0n) is 14.3. The Bertz CT molecular complexity index is 367. The summed E-state index contributed by atoms with van der Waals surface area (Å²) in [5, 5.41) is 10.7. The van der Waals surface area contributed by atoms with E-state index in [1.807, 2.05) is 13.8 Å². The Balaban J connectivity index is 2.73. The number of ether oxygens (including phenoxy) is 1. The van der Waals surface area contributed by atoms with Gasteiger partial charge in [-0.15, -0.1) is 0 Å². The fourth-order valence-electron chi connectivity index (χ4n) is 3.52. The molecule has 1 fully saturated rings. The molecule has 122 valence electrons. The maximum absolute atomic E-state index is 11.6. The van der Waals surface area contributed by atoms with Crippen molar-refractivity contribution in [3.63, 3.8) is 0 Å². The van der Waals surface area contributed by atoms with Gasteiger partial charge in [0.15, 0.2) is 0 Å². The van der Waals surface area contributed by atoms with Crippen molar-refractivity contribution in [3.05, 3.63) is 12.2 Å². The van der Waals surface area contributed by atoms with Crippen molar-refractivity contribution in [2.75, 3.05) is 6.61 Å². The molecule has 1 N–H and O–H groups in total. The summed E-state index contributed by atoms with van der Waals surface area (Å²) in [5.74, 6) is 0.752. The van der Waals surface area contributed by atoms with Gasteiger partial charge in [-0.3, -0.25) is 4.79 Å². The second-order valence-corrected chi connectivity index (χ2v) is 7.60. The van der Waals surface area contributed by atoms with E-state index in [9.17, 15) is 9.90 Å². The molecule has 1 aliphatic carbocycles. The summed E-state index contributed by atoms with van der Waals surface area (Å²) in [6.07, 6.45) is 2.92. The lowest BCUT2D eigenvalue weighted by atomic mass is 9.62. The molecule has 0 bridgehead atoms. The molecule has 1 rings (SSSR count). The maximum Gasteiger partial charge on any atom is 0.305 e. The van der Waals surface area contributed by atoms with Crippen molar-refractivity contribution in [3.8, 4) is 0 Å². The zero-order valence-corrected chi connectivity index (χ0v) is 14.3. The summed E-state index contributed by atoms with van der Waals surface area (Å²) in [7, 11) is 0. The molecule has 0 radical (unpaired) electrons. The van der Waals surface area contributed by atoms with Crippen molar-refractivity contribution in [2.24, 2.45) is 23.2 Å². The van der Waals surface area contributed by atoms with Gasteiger partial charge in [-0.25, -0.2) is 0 Å². The first kappa shape index (κ1) is 18.2. The molecule has 0 aliphatic heterocycles. The van der Waals surface area contributed by atoms with Gasteiger partial charge in [0.05, 0.1) is 12.7 Å². The molecule has 0 amide bonds. The second kappa shape index (κ2) is 7.44. The van der Waals surface area contributed by atoms with Crippen molar-refractivity contribution in [1.82, 2.24) is 0 Å². The number of carbonyl (C=O) groups excluding carboxylic acids is 1. The minimum absolute atomic E-state index is 0.0652. The lowest BCUT2D eigenvalue weighted by molar-refractivity contribution is -0.143. The molecule has 0 spiro atoms. The Morgan fingerprint density at radius 2 is 1.95 bits per heavy atom. The van der Waals surface area contributed by atoms with E-state index in [-0.39, 0.29) is 29.3 Å². The minimum Gasteiger partial charge on any atom is -0.466 e. The van der Waals surface area contributed by atoms with E-state index in [1.54, 1.807) is 0 Å². The Kier molecular flexibility index (Phi) is 6.45. The largest absolute Gasteiger partial charge is 0.466 e. The summed E-state index contributed by atoms with van der Waals surface area (Å²) in [6.45, 7) is 14.9. The van der Waals surface area contributed by atoms with Gasteiger partial charge < -0.3 is 9.84 Å². The predicted molar refractivity (Wildman–Crippen MR) is 85.8 cm³/mol. The van der Waals surface area contributed by atoms with E-state index in [0.717, 1.165) is 24.8 Å². The van der Waals surface area contributed by atoms with Crippen LogP contribution < -0.4 is 0 Å². The van der Waals surface area contributed by atoms with Gasteiger partial charge in [0.1, 0.15) is 0 Å². The Hall–Kier alpha value is -0.830. The van der Waals surface area contributed by atoms with E-state index >= 15 is 0 Å². The number of hydrogen-bond donors (Lipinski definition) is 1. The van der Waals surface area contributed by atoms with Gasteiger partial charge >= 0.3 is 5.97 Å². The molecule has 3 nitrogen and oxygen atoms in total. The van der Waals surface area contributed by atoms with E-state index in [2.05, 4.69) is 27.4 Å². The third-order valence-corrected chi connectivity index (χ3v) is 4.81. The fraction of sp³-hybridized carbons (Fsp3) is 0.833. The van der Waals surface area contributed by atoms with Crippen LogP contribution in [0.4, 0.5) is 0 Å². The van der Waals surface area contributed by atoms with Crippen LogP contribution in [0.5, 0.6) is 0 Å². The number of hydrogen-bond acceptors (Lipinski definition) is 3. The number of esters is 1. The highest BCUT2D eigenvalue weighted by Crippen LogP contribution is 2.46. The van der Waals surface area contributed by atoms with Crippen LogP contribution in [0, 0.1) is 23.2 Å².